The molecule has 1 aromatic rings. The summed E-state index contributed by atoms with van der Waals surface area (Å²) in [6.45, 7) is 4.85. The zero-order chi connectivity index (χ0) is 12.8. The lowest BCUT2D eigenvalue weighted by Gasteiger charge is -2.27. The second kappa shape index (κ2) is 6.66. The van der Waals surface area contributed by atoms with E-state index < -0.39 is 0 Å². The van der Waals surface area contributed by atoms with Gasteiger partial charge in [0.2, 0.25) is 0 Å². The Morgan fingerprint density at radius 3 is 2.65 bits per heavy atom. The number of anilines is 2. The first-order chi connectivity index (χ1) is 8.12. The van der Waals surface area contributed by atoms with Crippen LogP contribution in [-0.4, -0.2) is 47.6 Å². The molecule has 0 bridgehead atoms. The summed E-state index contributed by atoms with van der Waals surface area (Å²) in [6.07, 6.45) is 1.95. The van der Waals surface area contributed by atoms with Crippen molar-refractivity contribution in [1.29, 1.82) is 0 Å². The summed E-state index contributed by atoms with van der Waals surface area (Å²) >= 11 is 1.51. The molecule has 0 aliphatic carbocycles. The Balaban J connectivity index is 3.08. The Kier molecular flexibility index (Phi) is 5.50. The van der Waals surface area contributed by atoms with Gasteiger partial charge in [-0.3, -0.25) is 0 Å². The summed E-state index contributed by atoms with van der Waals surface area (Å²) in [6, 6.07) is 2.19. The maximum Gasteiger partial charge on any atom is 0.191 e. The molecule has 0 aliphatic heterocycles. The maximum absolute atomic E-state index is 9.09. The van der Waals surface area contributed by atoms with Crippen molar-refractivity contribution in [3.05, 3.63) is 6.07 Å². The quantitative estimate of drug-likeness (QED) is 0.593. The molecule has 0 aromatic carbocycles. The predicted molar refractivity (Wildman–Crippen MR) is 72.9 cm³/mol. The minimum atomic E-state index is 0.117. The van der Waals surface area contributed by atoms with Crippen molar-refractivity contribution in [1.82, 2.24) is 9.97 Å². The molecule has 1 aromatic heterocycles. The van der Waals surface area contributed by atoms with E-state index in [1.165, 1.54) is 11.8 Å². The molecule has 1 heterocycles. The van der Waals surface area contributed by atoms with Gasteiger partial charge in [-0.05, 0) is 20.1 Å². The fourth-order valence-corrected chi connectivity index (χ4v) is 1.90. The summed E-state index contributed by atoms with van der Waals surface area (Å²) in [5.41, 5.74) is 0. The molecule has 1 rings (SSSR count). The number of aliphatic hydroxyl groups excluding tert-OH is 1. The molecule has 0 saturated heterocycles. The Bertz CT molecular complexity index is 337. The van der Waals surface area contributed by atoms with Crippen LogP contribution in [0.2, 0.25) is 0 Å². The van der Waals surface area contributed by atoms with Gasteiger partial charge in [0.15, 0.2) is 5.16 Å². The number of nitrogens with one attached hydrogen (secondary N) is 1. The van der Waals surface area contributed by atoms with Gasteiger partial charge in [0.25, 0.3) is 0 Å². The van der Waals surface area contributed by atoms with E-state index in [-0.39, 0.29) is 12.6 Å². The Hall–Kier alpha value is -1.01. The first-order valence-electron chi connectivity index (χ1n) is 5.60. The molecule has 0 saturated carbocycles. The number of nitrogens with zero attached hydrogens (tertiary/aromatic N) is 3. The summed E-state index contributed by atoms with van der Waals surface area (Å²) in [4.78, 5) is 10.8. The maximum atomic E-state index is 9.09. The van der Waals surface area contributed by atoms with Crippen molar-refractivity contribution in [2.45, 2.75) is 25.0 Å². The van der Waals surface area contributed by atoms with Crippen molar-refractivity contribution < 1.29 is 5.11 Å². The third kappa shape index (κ3) is 3.74. The van der Waals surface area contributed by atoms with Crippen molar-refractivity contribution in [3.63, 3.8) is 0 Å². The van der Waals surface area contributed by atoms with E-state index in [1.807, 2.05) is 19.4 Å². The fraction of sp³-hybridized carbons (Fsp3) is 0.636. The fourth-order valence-electron chi connectivity index (χ4n) is 1.52. The zero-order valence-electron chi connectivity index (χ0n) is 10.8. The first kappa shape index (κ1) is 14.1. The average molecular weight is 256 g/mol. The normalized spacial score (nSPS) is 10.7. The van der Waals surface area contributed by atoms with Gasteiger partial charge in [0, 0.05) is 25.7 Å². The molecule has 17 heavy (non-hydrogen) atoms. The average Bonchev–Trinajstić information content (AvgIpc) is 2.34. The second-order valence-electron chi connectivity index (χ2n) is 3.86. The third-order valence-electron chi connectivity index (χ3n) is 2.39. The minimum Gasteiger partial charge on any atom is -0.395 e. The molecule has 0 aliphatic rings. The number of hydrogen-bond donors (Lipinski definition) is 2. The van der Waals surface area contributed by atoms with Crippen LogP contribution in [0.25, 0.3) is 0 Å². The van der Waals surface area contributed by atoms with Crippen molar-refractivity contribution in [2.24, 2.45) is 0 Å². The van der Waals surface area contributed by atoms with E-state index in [1.54, 1.807) is 0 Å². The SMILES string of the molecule is CNc1cc(N(CCO)C(C)C)nc(SC)n1. The van der Waals surface area contributed by atoms with Crippen LogP contribution in [-0.2, 0) is 0 Å². The molecule has 0 spiro atoms. The van der Waals surface area contributed by atoms with E-state index in [9.17, 15) is 0 Å². The van der Waals surface area contributed by atoms with Crippen molar-refractivity contribution in [3.8, 4) is 0 Å². The van der Waals surface area contributed by atoms with Crippen LogP contribution in [0, 0.1) is 0 Å². The molecular formula is C11H20N4OS. The highest BCUT2D eigenvalue weighted by atomic mass is 32.2. The second-order valence-corrected chi connectivity index (χ2v) is 4.63. The van der Waals surface area contributed by atoms with Gasteiger partial charge in [-0.25, -0.2) is 9.97 Å². The molecule has 2 N–H and O–H groups in total. The molecule has 0 fully saturated rings. The van der Waals surface area contributed by atoms with E-state index in [2.05, 4.69) is 34.0 Å². The van der Waals surface area contributed by atoms with E-state index in [0.29, 0.717) is 6.54 Å². The lowest BCUT2D eigenvalue weighted by atomic mass is 10.3. The Labute approximate surface area is 107 Å². The standard InChI is InChI=1S/C11H20N4OS/c1-8(2)15(5-6-16)10-7-9(12-3)13-11(14-10)17-4/h7-8,16H,5-6H2,1-4H3,(H,12,13,14). The molecule has 96 valence electrons. The zero-order valence-corrected chi connectivity index (χ0v) is 11.6. The third-order valence-corrected chi connectivity index (χ3v) is 2.94. The van der Waals surface area contributed by atoms with Gasteiger partial charge in [-0.1, -0.05) is 11.8 Å². The summed E-state index contributed by atoms with van der Waals surface area (Å²) < 4.78 is 0. The van der Waals surface area contributed by atoms with Crippen LogP contribution in [0.15, 0.2) is 11.2 Å². The number of hydrogen-bond acceptors (Lipinski definition) is 6. The molecule has 0 atom stereocenters. The minimum absolute atomic E-state index is 0.117. The number of thioether (sulfide) groups is 1. The van der Waals surface area contributed by atoms with Crippen LogP contribution < -0.4 is 10.2 Å². The number of aliphatic hydroxyl groups is 1. The predicted octanol–water partition coefficient (Wildman–Crippen LogP) is 1.45. The Morgan fingerprint density at radius 2 is 2.18 bits per heavy atom. The highest BCUT2D eigenvalue weighted by Gasteiger charge is 2.13. The lowest BCUT2D eigenvalue weighted by Crippen LogP contribution is -2.34. The Morgan fingerprint density at radius 1 is 1.47 bits per heavy atom. The highest BCUT2D eigenvalue weighted by molar-refractivity contribution is 7.98. The van der Waals surface area contributed by atoms with E-state index >= 15 is 0 Å². The van der Waals surface area contributed by atoms with Crippen LogP contribution in [0.5, 0.6) is 0 Å². The highest BCUT2D eigenvalue weighted by Crippen LogP contribution is 2.21. The van der Waals surface area contributed by atoms with Gasteiger partial charge >= 0.3 is 0 Å². The van der Waals surface area contributed by atoms with Crippen molar-refractivity contribution in [2.75, 3.05) is 36.7 Å². The molecule has 0 radical (unpaired) electrons. The van der Waals surface area contributed by atoms with E-state index in [4.69, 9.17) is 5.11 Å². The number of aromatic nitrogens is 2. The van der Waals surface area contributed by atoms with Gasteiger partial charge < -0.3 is 15.3 Å². The summed E-state index contributed by atoms with van der Waals surface area (Å²) in [7, 11) is 1.84. The largest absolute Gasteiger partial charge is 0.395 e. The van der Waals surface area contributed by atoms with Crippen LogP contribution >= 0.6 is 11.8 Å². The van der Waals surface area contributed by atoms with E-state index in [0.717, 1.165) is 16.8 Å². The lowest BCUT2D eigenvalue weighted by molar-refractivity contribution is 0.298. The molecule has 0 unspecified atom stereocenters. The van der Waals surface area contributed by atoms with Crippen molar-refractivity contribution >= 4 is 23.4 Å². The van der Waals surface area contributed by atoms with Crippen LogP contribution in [0.4, 0.5) is 11.6 Å². The molecular weight excluding hydrogens is 236 g/mol. The number of rotatable bonds is 6. The summed E-state index contributed by atoms with van der Waals surface area (Å²) in [5.74, 6) is 1.64. The van der Waals surface area contributed by atoms with Gasteiger partial charge in [-0.2, -0.15) is 0 Å². The molecule has 6 heteroatoms. The summed E-state index contributed by atoms with van der Waals surface area (Å²) in [5, 5.41) is 12.9. The molecule has 5 nitrogen and oxygen atoms in total. The van der Waals surface area contributed by atoms with Gasteiger partial charge in [0.1, 0.15) is 11.6 Å². The topological polar surface area (TPSA) is 61.3 Å². The smallest absolute Gasteiger partial charge is 0.191 e. The molecule has 0 amide bonds. The van der Waals surface area contributed by atoms with Crippen LogP contribution in [0.3, 0.4) is 0 Å². The van der Waals surface area contributed by atoms with Gasteiger partial charge in [0.05, 0.1) is 6.61 Å². The van der Waals surface area contributed by atoms with Crippen LogP contribution in [0.1, 0.15) is 13.8 Å². The monoisotopic (exact) mass is 256 g/mol. The first-order valence-corrected chi connectivity index (χ1v) is 6.83. The van der Waals surface area contributed by atoms with Gasteiger partial charge in [-0.15, -0.1) is 0 Å².